The molecule has 0 fully saturated rings. The first kappa shape index (κ1) is 12.5. The average Bonchev–Trinajstić information content (AvgIpc) is 2.72. The van der Waals surface area contributed by atoms with Crippen LogP contribution in [-0.4, -0.2) is 23.2 Å². The van der Waals surface area contributed by atoms with Gasteiger partial charge >= 0.3 is 0 Å². The summed E-state index contributed by atoms with van der Waals surface area (Å²) >= 11 is 0. The van der Waals surface area contributed by atoms with Crippen molar-refractivity contribution in [2.75, 3.05) is 0 Å². The summed E-state index contributed by atoms with van der Waals surface area (Å²) in [5, 5.41) is 12.6. The van der Waals surface area contributed by atoms with Crippen LogP contribution in [0.4, 0.5) is 0 Å². The second kappa shape index (κ2) is 4.75. The lowest BCUT2D eigenvalue weighted by Gasteiger charge is -2.06. The minimum Gasteiger partial charge on any atom is -0.486 e. The molecule has 0 amide bonds. The van der Waals surface area contributed by atoms with Crippen LogP contribution in [0.15, 0.2) is 35.5 Å². The molecule has 0 unspecified atom stereocenters. The smallest absolute Gasteiger partial charge is 0.238 e. The molecule has 0 saturated heterocycles. The first-order valence-electron chi connectivity index (χ1n) is 5.05. The van der Waals surface area contributed by atoms with Gasteiger partial charge in [0.1, 0.15) is 18.7 Å². The topological polar surface area (TPSA) is 100 Å². The van der Waals surface area contributed by atoms with Crippen LogP contribution < -0.4 is 9.88 Å². The molecule has 2 rings (SSSR count). The molecule has 0 saturated carbocycles. The van der Waals surface area contributed by atoms with Gasteiger partial charge in [0.15, 0.2) is 5.82 Å². The largest absolute Gasteiger partial charge is 0.486 e. The molecule has 96 valence electrons. The van der Waals surface area contributed by atoms with Crippen molar-refractivity contribution in [2.24, 2.45) is 12.2 Å². The quantitative estimate of drug-likeness (QED) is 0.844. The first-order chi connectivity index (χ1) is 8.47. The molecule has 0 radical (unpaired) electrons. The Balaban J connectivity index is 2.05. The lowest BCUT2D eigenvalue weighted by Crippen LogP contribution is -2.11. The Labute approximate surface area is 104 Å². The van der Waals surface area contributed by atoms with Crippen molar-refractivity contribution in [1.82, 2.24) is 14.8 Å². The maximum absolute atomic E-state index is 11.0. The van der Waals surface area contributed by atoms with E-state index >= 15 is 0 Å². The molecular weight excluding hydrogens is 256 g/mol. The molecule has 18 heavy (non-hydrogen) atoms. The number of nitrogens with zero attached hydrogens (tertiary/aromatic N) is 3. The zero-order valence-corrected chi connectivity index (χ0v) is 10.5. The summed E-state index contributed by atoms with van der Waals surface area (Å²) in [6.45, 7) is 0.255. The number of sulfonamides is 1. The van der Waals surface area contributed by atoms with Crippen LogP contribution in [0.3, 0.4) is 0 Å². The molecule has 1 aromatic carbocycles. The van der Waals surface area contributed by atoms with Crippen molar-refractivity contribution < 1.29 is 13.2 Å². The molecule has 0 aliphatic rings. The van der Waals surface area contributed by atoms with Gasteiger partial charge in [0.2, 0.25) is 10.0 Å². The molecule has 0 bridgehead atoms. The van der Waals surface area contributed by atoms with Crippen LogP contribution in [0.25, 0.3) is 0 Å². The standard InChI is InChI=1S/C10H12N4O3S/c1-14-7-12-13-10(14)6-17-8-2-4-9(5-3-8)18(11,15)16/h2-5,7H,6H2,1H3,(H2,11,15,16). The van der Waals surface area contributed by atoms with Gasteiger partial charge in [0, 0.05) is 7.05 Å². The highest BCUT2D eigenvalue weighted by Crippen LogP contribution is 2.15. The fraction of sp³-hybridized carbons (Fsp3) is 0.200. The third-order valence-corrected chi connectivity index (χ3v) is 3.25. The molecule has 0 atom stereocenters. The van der Waals surface area contributed by atoms with Crippen molar-refractivity contribution in [3.05, 3.63) is 36.4 Å². The summed E-state index contributed by atoms with van der Waals surface area (Å²) in [7, 11) is -1.86. The van der Waals surface area contributed by atoms with Crippen molar-refractivity contribution in [3.8, 4) is 5.75 Å². The number of hydrogen-bond donors (Lipinski definition) is 1. The van der Waals surface area contributed by atoms with Gasteiger partial charge in [-0.3, -0.25) is 0 Å². The van der Waals surface area contributed by atoms with E-state index in [1.54, 1.807) is 10.9 Å². The summed E-state index contributed by atoms with van der Waals surface area (Å²) in [6.07, 6.45) is 1.57. The van der Waals surface area contributed by atoms with Crippen LogP contribution >= 0.6 is 0 Å². The Bertz CT molecular complexity index is 633. The molecule has 2 N–H and O–H groups in total. The molecule has 1 aromatic heterocycles. The van der Waals surface area contributed by atoms with Gasteiger partial charge in [0.05, 0.1) is 4.90 Å². The van der Waals surface area contributed by atoms with Crippen LogP contribution in [0, 0.1) is 0 Å². The van der Waals surface area contributed by atoms with Gasteiger partial charge in [-0.05, 0) is 24.3 Å². The predicted molar refractivity (Wildman–Crippen MR) is 63.2 cm³/mol. The third-order valence-electron chi connectivity index (χ3n) is 2.33. The molecule has 8 heteroatoms. The van der Waals surface area contributed by atoms with E-state index in [1.807, 2.05) is 7.05 Å². The molecule has 7 nitrogen and oxygen atoms in total. The van der Waals surface area contributed by atoms with Gasteiger partial charge in [-0.15, -0.1) is 10.2 Å². The van der Waals surface area contributed by atoms with E-state index in [2.05, 4.69) is 10.2 Å². The van der Waals surface area contributed by atoms with Gasteiger partial charge in [-0.1, -0.05) is 0 Å². The average molecular weight is 268 g/mol. The summed E-state index contributed by atoms with van der Waals surface area (Å²) in [5.41, 5.74) is 0. The molecule has 0 spiro atoms. The minimum absolute atomic E-state index is 0.0495. The van der Waals surface area contributed by atoms with Crippen molar-refractivity contribution in [1.29, 1.82) is 0 Å². The third kappa shape index (κ3) is 2.84. The number of nitrogens with two attached hydrogens (primary N) is 1. The molecule has 0 aliphatic carbocycles. The molecule has 0 aliphatic heterocycles. The first-order valence-corrected chi connectivity index (χ1v) is 6.60. The van der Waals surface area contributed by atoms with E-state index in [0.29, 0.717) is 11.6 Å². The lowest BCUT2D eigenvalue weighted by molar-refractivity contribution is 0.291. The van der Waals surface area contributed by atoms with Crippen LogP contribution in [-0.2, 0) is 23.7 Å². The van der Waals surface area contributed by atoms with Gasteiger partial charge < -0.3 is 9.30 Å². The number of benzene rings is 1. The highest BCUT2D eigenvalue weighted by atomic mass is 32.2. The summed E-state index contributed by atoms with van der Waals surface area (Å²) in [6, 6.07) is 5.86. The Hall–Kier alpha value is -1.93. The van der Waals surface area contributed by atoms with Crippen LogP contribution in [0.2, 0.25) is 0 Å². The summed E-state index contributed by atoms with van der Waals surface area (Å²) in [4.78, 5) is 0.0495. The van der Waals surface area contributed by atoms with E-state index < -0.39 is 10.0 Å². The zero-order chi connectivity index (χ0) is 13.2. The molecule has 1 heterocycles. The van der Waals surface area contributed by atoms with Crippen LogP contribution in [0.1, 0.15) is 5.82 Å². The number of ether oxygens (including phenoxy) is 1. The fourth-order valence-electron chi connectivity index (χ4n) is 1.31. The van der Waals surface area contributed by atoms with Crippen molar-refractivity contribution >= 4 is 10.0 Å². The maximum Gasteiger partial charge on any atom is 0.238 e. The lowest BCUT2D eigenvalue weighted by atomic mass is 10.3. The highest BCUT2D eigenvalue weighted by molar-refractivity contribution is 7.89. The summed E-state index contributed by atoms with van der Waals surface area (Å²) in [5.74, 6) is 1.20. The predicted octanol–water partition coefficient (Wildman–Crippen LogP) is 0.0415. The number of rotatable bonds is 4. The van der Waals surface area contributed by atoms with E-state index in [-0.39, 0.29) is 11.5 Å². The number of hydrogen-bond acceptors (Lipinski definition) is 5. The van der Waals surface area contributed by atoms with Crippen LogP contribution in [0.5, 0.6) is 5.75 Å². The maximum atomic E-state index is 11.0. The normalized spacial score (nSPS) is 11.4. The van der Waals surface area contributed by atoms with E-state index in [0.717, 1.165) is 0 Å². The van der Waals surface area contributed by atoms with Crippen molar-refractivity contribution in [2.45, 2.75) is 11.5 Å². The van der Waals surface area contributed by atoms with Gasteiger partial charge in [0.25, 0.3) is 0 Å². The Morgan fingerprint density at radius 2 is 2.00 bits per heavy atom. The highest BCUT2D eigenvalue weighted by Gasteiger charge is 2.07. The second-order valence-electron chi connectivity index (χ2n) is 3.66. The second-order valence-corrected chi connectivity index (χ2v) is 5.22. The Morgan fingerprint density at radius 3 is 2.50 bits per heavy atom. The monoisotopic (exact) mass is 268 g/mol. The van der Waals surface area contributed by atoms with Crippen molar-refractivity contribution in [3.63, 3.8) is 0 Å². The summed E-state index contributed by atoms with van der Waals surface area (Å²) < 4.78 is 29.3. The van der Waals surface area contributed by atoms with Gasteiger partial charge in [-0.2, -0.15) is 0 Å². The SMILES string of the molecule is Cn1cnnc1COc1ccc(S(N)(=O)=O)cc1. The van der Waals surface area contributed by atoms with E-state index in [4.69, 9.17) is 9.88 Å². The van der Waals surface area contributed by atoms with Gasteiger partial charge in [-0.25, -0.2) is 13.6 Å². The number of aromatic nitrogens is 3. The Morgan fingerprint density at radius 1 is 1.33 bits per heavy atom. The van der Waals surface area contributed by atoms with E-state index in [9.17, 15) is 8.42 Å². The molecule has 2 aromatic rings. The number of aryl methyl sites for hydroxylation is 1. The Kier molecular flexibility index (Phi) is 3.30. The molecular formula is C10H12N4O3S. The number of primary sulfonamides is 1. The van der Waals surface area contributed by atoms with E-state index in [1.165, 1.54) is 24.3 Å². The fourth-order valence-corrected chi connectivity index (χ4v) is 1.83. The zero-order valence-electron chi connectivity index (χ0n) is 9.65. The minimum atomic E-state index is -3.67.